The number of alkyl halides is 3. The molecule has 2 heterocycles. The molecular formula is C29H31ClF3N7O. The Bertz CT molecular complexity index is 1430. The van der Waals surface area contributed by atoms with Crippen molar-refractivity contribution in [2.24, 2.45) is 5.92 Å². The molecule has 2 aromatic heterocycles. The van der Waals surface area contributed by atoms with Gasteiger partial charge in [-0.3, -0.25) is 9.36 Å². The zero-order chi connectivity index (χ0) is 29.4. The van der Waals surface area contributed by atoms with Crippen molar-refractivity contribution in [1.29, 1.82) is 0 Å². The van der Waals surface area contributed by atoms with Crippen molar-refractivity contribution < 1.29 is 18.0 Å². The quantitative estimate of drug-likeness (QED) is 0.176. The third-order valence-corrected chi connectivity index (χ3v) is 6.48. The lowest BCUT2D eigenvalue weighted by Crippen LogP contribution is -2.39. The summed E-state index contributed by atoms with van der Waals surface area (Å²) in [6.07, 6.45) is 1.87. The number of amides is 1. The van der Waals surface area contributed by atoms with E-state index in [1.54, 1.807) is 35.4 Å². The van der Waals surface area contributed by atoms with E-state index in [2.05, 4.69) is 44.7 Å². The van der Waals surface area contributed by atoms with Gasteiger partial charge >= 0.3 is 6.18 Å². The minimum absolute atomic E-state index is 0.0906. The summed E-state index contributed by atoms with van der Waals surface area (Å²) in [5.74, 6) is 1.37. The summed E-state index contributed by atoms with van der Waals surface area (Å²) in [7, 11) is 0. The summed E-state index contributed by atoms with van der Waals surface area (Å²) in [5.41, 5.74) is 0.772. The van der Waals surface area contributed by atoms with Gasteiger partial charge in [-0.05, 0) is 54.2 Å². The first-order valence-corrected chi connectivity index (χ1v) is 13.5. The molecule has 0 bridgehead atoms. The molecule has 0 aliphatic rings. The van der Waals surface area contributed by atoms with Crippen LogP contribution in [-0.2, 0) is 24.1 Å². The highest BCUT2D eigenvalue weighted by molar-refractivity contribution is 6.30. The van der Waals surface area contributed by atoms with E-state index in [1.807, 2.05) is 18.2 Å². The van der Waals surface area contributed by atoms with Crippen molar-refractivity contribution in [1.82, 2.24) is 24.8 Å². The molecule has 0 saturated heterocycles. The number of rotatable bonds is 12. The van der Waals surface area contributed by atoms with Crippen molar-refractivity contribution in [2.45, 2.75) is 52.0 Å². The minimum Gasteiger partial charge on any atom is -0.358 e. The molecule has 0 aliphatic heterocycles. The average molecular weight is 586 g/mol. The third kappa shape index (κ3) is 8.94. The predicted molar refractivity (Wildman–Crippen MR) is 153 cm³/mol. The lowest BCUT2D eigenvalue weighted by Gasteiger charge is -2.21. The number of carbonyl (C=O) groups excluding carboxylic acids is 1. The standard InChI is InChI=1S/C29H31ClF3N7O/c1-19(2)6-11-24(27(41)35-16-20-7-9-22(10-8-20)29(31,32)33)37-25-15-26(40-13-12-34-18-40)39-28(38-25)36-17-21-4-3-5-23(30)14-21/h3-5,7-10,12-15,18-19,24H,6,11,16-17H2,1-2H3,(H,35,41)(H2,36,37,38,39). The summed E-state index contributed by atoms with van der Waals surface area (Å²) in [4.78, 5) is 26.5. The van der Waals surface area contributed by atoms with Gasteiger partial charge in [0.15, 0.2) is 0 Å². The van der Waals surface area contributed by atoms with Crippen LogP contribution in [0, 0.1) is 5.92 Å². The van der Waals surface area contributed by atoms with E-state index in [4.69, 9.17) is 11.6 Å². The van der Waals surface area contributed by atoms with Crippen molar-refractivity contribution in [3.05, 3.63) is 95.0 Å². The number of carbonyl (C=O) groups is 1. The predicted octanol–water partition coefficient (Wildman–Crippen LogP) is 6.48. The summed E-state index contributed by atoms with van der Waals surface area (Å²) < 4.78 is 40.4. The molecule has 0 fully saturated rings. The zero-order valence-corrected chi connectivity index (χ0v) is 23.4. The fourth-order valence-electron chi connectivity index (χ4n) is 4.01. The van der Waals surface area contributed by atoms with Crippen molar-refractivity contribution in [3.63, 3.8) is 0 Å². The zero-order valence-electron chi connectivity index (χ0n) is 22.6. The highest BCUT2D eigenvalue weighted by Gasteiger charge is 2.30. The van der Waals surface area contributed by atoms with Crippen molar-refractivity contribution in [3.8, 4) is 5.82 Å². The highest BCUT2D eigenvalue weighted by atomic mass is 35.5. The van der Waals surface area contributed by atoms with Gasteiger partial charge in [-0.15, -0.1) is 0 Å². The highest BCUT2D eigenvalue weighted by Crippen LogP contribution is 2.29. The maximum atomic E-state index is 13.3. The Morgan fingerprint density at radius 3 is 2.44 bits per heavy atom. The number of nitrogens with one attached hydrogen (secondary N) is 3. The number of anilines is 2. The van der Waals surface area contributed by atoms with Gasteiger partial charge in [0.05, 0.1) is 5.56 Å². The molecule has 41 heavy (non-hydrogen) atoms. The van der Waals surface area contributed by atoms with Gasteiger partial charge in [0.2, 0.25) is 11.9 Å². The Morgan fingerprint density at radius 2 is 1.78 bits per heavy atom. The number of benzene rings is 2. The van der Waals surface area contributed by atoms with Gasteiger partial charge in [0.25, 0.3) is 0 Å². The fraction of sp³-hybridized carbons (Fsp3) is 0.310. The number of halogens is 4. The summed E-state index contributed by atoms with van der Waals surface area (Å²) in [6, 6.07) is 13.2. The number of nitrogens with zero attached hydrogens (tertiary/aromatic N) is 4. The second-order valence-corrected chi connectivity index (χ2v) is 10.4. The van der Waals surface area contributed by atoms with E-state index in [0.717, 1.165) is 24.1 Å². The van der Waals surface area contributed by atoms with Crippen LogP contribution < -0.4 is 16.0 Å². The molecule has 0 spiro atoms. The average Bonchev–Trinajstić information content (AvgIpc) is 3.48. The van der Waals surface area contributed by atoms with Crippen LogP contribution in [0.15, 0.2) is 73.3 Å². The Hall–Kier alpha value is -4.12. The monoisotopic (exact) mass is 585 g/mol. The van der Waals surface area contributed by atoms with Crippen LogP contribution in [0.2, 0.25) is 5.02 Å². The Morgan fingerprint density at radius 1 is 1.00 bits per heavy atom. The van der Waals surface area contributed by atoms with E-state index in [0.29, 0.717) is 47.1 Å². The van der Waals surface area contributed by atoms with E-state index >= 15 is 0 Å². The van der Waals surface area contributed by atoms with Crippen LogP contribution in [0.25, 0.3) is 5.82 Å². The summed E-state index contributed by atoms with van der Waals surface area (Å²) in [6.45, 7) is 4.65. The topological polar surface area (TPSA) is 96.8 Å². The first-order chi connectivity index (χ1) is 19.6. The second-order valence-electron chi connectivity index (χ2n) is 9.97. The molecule has 216 valence electrons. The number of aromatic nitrogens is 4. The summed E-state index contributed by atoms with van der Waals surface area (Å²) >= 11 is 6.11. The van der Waals surface area contributed by atoms with Crippen LogP contribution in [0.4, 0.5) is 24.9 Å². The van der Waals surface area contributed by atoms with Gasteiger partial charge in [0, 0.05) is 36.6 Å². The normalized spacial score (nSPS) is 12.3. The molecule has 1 unspecified atom stereocenters. The molecule has 3 N–H and O–H groups in total. The largest absolute Gasteiger partial charge is 0.416 e. The molecule has 2 aromatic carbocycles. The maximum absolute atomic E-state index is 13.3. The molecule has 8 nitrogen and oxygen atoms in total. The molecule has 0 radical (unpaired) electrons. The van der Waals surface area contributed by atoms with Crippen LogP contribution >= 0.6 is 11.6 Å². The van der Waals surface area contributed by atoms with Crippen LogP contribution in [0.1, 0.15) is 43.4 Å². The van der Waals surface area contributed by atoms with Crippen molar-refractivity contribution in [2.75, 3.05) is 10.6 Å². The number of imidazole rings is 1. The first-order valence-electron chi connectivity index (χ1n) is 13.1. The second kappa shape index (κ2) is 13.5. The van der Waals surface area contributed by atoms with Crippen LogP contribution in [0.3, 0.4) is 0 Å². The smallest absolute Gasteiger partial charge is 0.358 e. The molecule has 4 aromatic rings. The molecule has 12 heteroatoms. The minimum atomic E-state index is -4.41. The van der Waals surface area contributed by atoms with E-state index < -0.39 is 17.8 Å². The van der Waals surface area contributed by atoms with Gasteiger partial charge in [-0.25, -0.2) is 4.98 Å². The van der Waals surface area contributed by atoms with Crippen LogP contribution in [-0.4, -0.2) is 31.5 Å². The number of hydrogen-bond acceptors (Lipinski definition) is 6. The molecular weight excluding hydrogens is 555 g/mol. The Kier molecular flexibility index (Phi) is 9.82. The molecule has 1 atom stereocenters. The van der Waals surface area contributed by atoms with E-state index in [9.17, 15) is 18.0 Å². The van der Waals surface area contributed by atoms with E-state index in [1.165, 1.54) is 12.1 Å². The van der Waals surface area contributed by atoms with Crippen LogP contribution in [0.5, 0.6) is 0 Å². The third-order valence-electron chi connectivity index (χ3n) is 6.24. The van der Waals surface area contributed by atoms with Gasteiger partial charge in [-0.2, -0.15) is 23.1 Å². The number of hydrogen-bond donors (Lipinski definition) is 3. The molecule has 4 rings (SSSR count). The van der Waals surface area contributed by atoms with E-state index in [-0.39, 0.29) is 12.5 Å². The van der Waals surface area contributed by atoms with Gasteiger partial charge < -0.3 is 16.0 Å². The summed E-state index contributed by atoms with van der Waals surface area (Å²) in [5, 5.41) is 9.91. The SMILES string of the molecule is CC(C)CCC(Nc1cc(-n2ccnc2)nc(NCc2cccc(Cl)c2)n1)C(=O)NCc1ccc(C(F)(F)F)cc1. The molecule has 0 saturated carbocycles. The lowest BCUT2D eigenvalue weighted by atomic mass is 10.0. The maximum Gasteiger partial charge on any atom is 0.416 e. The van der Waals surface area contributed by atoms with Gasteiger partial charge in [-0.1, -0.05) is 49.7 Å². The lowest BCUT2D eigenvalue weighted by molar-refractivity contribution is -0.137. The Balaban J connectivity index is 1.51. The van der Waals surface area contributed by atoms with Crippen molar-refractivity contribution >= 4 is 29.3 Å². The fourth-order valence-corrected chi connectivity index (χ4v) is 4.23. The molecule has 1 amide bonds. The first kappa shape index (κ1) is 29.9. The molecule has 0 aliphatic carbocycles. The Labute approximate surface area is 241 Å². The van der Waals surface area contributed by atoms with Gasteiger partial charge in [0.1, 0.15) is 24.0 Å².